The van der Waals surface area contributed by atoms with Gasteiger partial charge in [0.2, 0.25) is 4.96 Å². The minimum atomic E-state index is -0.262. The van der Waals surface area contributed by atoms with Gasteiger partial charge in [0, 0.05) is 12.0 Å². The highest BCUT2D eigenvalue weighted by atomic mass is 32.1. The van der Waals surface area contributed by atoms with Crippen molar-refractivity contribution in [2.45, 2.75) is 26.7 Å². The Balaban J connectivity index is 2.16. The lowest BCUT2D eigenvalue weighted by Crippen LogP contribution is -1.93. The standard InChI is InChI=1S/C15H13FN4S/c1-3-4-13-19-20-12(8-17)14(18-15(20)21-13)10-5-6-11(16)9(2)7-10/h5-7H,3-4H2,1-2H3. The van der Waals surface area contributed by atoms with Crippen molar-refractivity contribution in [3.8, 4) is 17.3 Å². The molecule has 3 rings (SSSR count). The molecule has 106 valence electrons. The summed E-state index contributed by atoms with van der Waals surface area (Å²) in [5.74, 6) is -0.262. The van der Waals surface area contributed by atoms with E-state index < -0.39 is 0 Å². The topological polar surface area (TPSA) is 54.0 Å². The van der Waals surface area contributed by atoms with Crippen LogP contribution in [0.3, 0.4) is 0 Å². The highest BCUT2D eigenvalue weighted by molar-refractivity contribution is 7.16. The molecule has 0 bridgehead atoms. The second-order valence-corrected chi connectivity index (χ2v) is 5.87. The lowest BCUT2D eigenvalue weighted by molar-refractivity contribution is 0.619. The van der Waals surface area contributed by atoms with Gasteiger partial charge in [-0.15, -0.1) is 0 Å². The van der Waals surface area contributed by atoms with Crippen LogP contribution in [0.5, 0.6) is 0 Å². The van der Waals surface area contributed by atoms with Crippen LogP contribution >= 0.6 is 11.3 Å². The fourth-order valence-corrected chi connectivity index (χ4v) is 3.19. The number of benzene rings is 1. The molecular weight excluding hydrogens is 287 g/mol. The minimum absolute atomic E-state index is 0.262. The van der Waals surface area contributed by atoms with Gasteiger partial charge in [0.1, 0.15) is 22.6 Å². The molecule has 0 aliphatic heterocycles. The van der Waals surface area contributed by atoms with E-state index in [-0.39, 0.29) is 5.82 Å². The first-order valence-corrected chi connectivity index (χ1v) is 7.50. The number of hydrogen-bond donors (Lipinski definition) is 0. The summed E-state index contributed by atoms with van der Waals surface area (Å²) in [6.07, 6.45) is 1.88. The third-order valence-corrected chi connectivity index (χ3v) is 4.21. The zero-order chi connectivity index (χ0) is 15.0. The normalized spacial score (nSPS) is 11.0. The van der Waals surface area contributed by atoms with Crippen molar-refractivity contribution in [3.05, 3.63) is 40.3 Å². The van der Waals surface area contributed by atoms with Gasteiger partial charge >= 0.3 is 0 Å². The van der Waals surface area contributed by atoms with Crippen LogP contribution in [-0.2, 0) is 6.42 Å². The Morgan fingerprint density at radius 2 is 2.24 bits per heavy atom. The van der Waals surface area contributed by atoms with E-state index in [0.717, 1.165) is 23.4 Å². The summed E-state index contributed by atoms with van der Waals surface area (Å²) in [4.78, 5) is 5.20. The van der Waals surface area contributed by atoms with Crippen molar-refractivity contribution in [2.75, 3.05) is 0 Å². The maximum atomic E-state index is 13.4. The Morgan fingerprint density at radius 3 is 2.90 bits per heavy atom. The molecule has 0 saturated heterocycles. The molecule has 0 radical (unpaired) electrons. The number of hydrogen-bond acceptors (Lipinski definition) is 4. The Hall–Kier alpha value is -2.26. The zero-order valence-corrected chi connectivity index (χ0v) is 12.5. The van der Waals surface area contributed by atoms with E-state index in [9.17, 15) is 9.65 Å². The van der Waals surface area contributed by atoms with E-state index in [2.05, 4.69) is 23.1 Å². The number of rotatable bonds is 3. The molecule has 6 heteroatoms. The Labute approximate surface area is 125 Å². The average Bonchev–Trinajstić information content (AvgIpc) is 2.99. The maximum Gasteiger partial charge on any atom is 0.214 e. The SMILES string of the molecule is CCCc1nn2c(C#N)c(-c3ccc(F)c(C)c3)nc2s1. The van der Waals surface area contributed by atoms with Gasteiger partial charge in [0.25, 0.3) is 0 Å². The van der Waals surface area contributed by atoms with Gasteiger partial charge in [-0.1, -0.05) is 18.3 Å². The number of halogens is 1. The van der Waals surface area contributed by atoms with E-state index in [1.165, 1.54) is 17.4 Å². The third-order valence-electron chi connectivity index (χ3n) is 3.25. The highest BCUT2D eigenvalue weighted by Gasteiger charge is 2.18. The first kappa shape index (κ1) is 13.7. The highest BCUT2D eigenvalue weighted by Crippen LogP contribution is 2.28. The van der Waals surface area contributed by atoms with Gasteiger partial charge in [-0.2, -0.15) is 14.9 Å². The fraction of sp³-hybridized carbons (Fsp3) is 0.267. The maximum absolute atomic E-state index is 13.4. The molecule has 0 spiro atoms. The molecule has 0 amide bonds. The largest absolute Gasteiger partial charge is 0.216 e. The number of aromatic nitrogens is 3. The van der Waals surface area contributed by atoms with Gasteiger partial charge in [-0.05, 0) is 37.1 Å². The molecule has 0 unspecified atom stereocenters. The van der Waals surface area contributed by atoms with E-state index in [1.807, 2.05) is 0 Å². The van der Waals surface area contributed by atoms with Gasteiger partial charge in [-0.3, -0.25) is 0 Å². The van der Waals surface area contributed by atoms with E-state index in [0.29, 0.717) is 21.9 Å². The van der Waals surface area contributed by atoms with Gasteiger partial charge < -0.3 is 0 Å². The number of nitrogens with zero attached hydrogens (tertiary/aromatic N) is 4. The summed E-state index contributed by atoms with van der Waals surface area (Å²) in [7, 11) is 0. The first-order chi connectivity index (χ1) is 10.1. The second-order valence-electron chi connectivity index (χ2n) is 4.82. The molecule has 21 heavy (non-hydrogen) atoms. The summed E-state index contributed by atoms with van der Waals surface area (Å²) in [6.45, 7) is 3.78. The summed E-state index contributed by atoms with van der Waals surface area (Å²) < 4.78 is 15.0. The van der Waals surface area contributed by atoms with Crippen molar-refractivity contribution in [1.82, 2.24) is 14.6 Å². The Kier molecular flexibility index (Phi) is 3.43. The fourth-order valence-electron chi connectivity index (χ4n) is 2.20. The zero-order valence-electron chi connectivity index (χ0n) is 11.7. The molecule has 0 saturated carbocycles. The van der Waals surface area contributed by atoms with Crippen LogP contribution in [0.25, 0.3) is 16.2 Å². The summed E-state index contributed by atoms with van der Waals surface area (Å²) in [6, 6.07) is 6.90. The van der Waals surface area contributed by atoms with Crippen molar-refractivity contribution in [3.63, 3.8) is 0 Å². The van der Waals surface area contributed by atoms with E-state index in [1.54, 1.807) is 23.6 Å². The Morgan fingerprint density at radius 1 is 1.43 bits per heavy atom. The molecule has 2 heterocycles. The average molecular weight is 300 g/mol. The van der Waals surface area contributed by atoms with Crippen LogP contribution in [0.1, 0.15) is 29.6 Å². The van der Waals surface area contributed by atoms with Gasteiger partial charge in [-0.25, -0.2) is 9.37 Å². The number of fused-ring (bicyclic) bond motifs is 1. The molecular formula is C15H13FN4S. The predicted molar refractivity (Wildman–Crippen MR) is 79.7 cm³/mol. The molecule has 0 aliphatic carbocycles. The lowest BCUT2D eigenvalue weighted by atomic mass is 10.1. The number of imidazole rings is 1. The van der Waals surface area contributed by atoms with Crippen LogP contribution in [0, 0.1) is 24.1 Å². The summed E-state index contributed by atoms with van der Waals surface area (Å²) in [5, 5.41) is 14.8. The molecule has 0 atom stereocenters. The van der Waals surface area contributed by atoms with Crippen LogP contribution in [0.4, 0.5) is 4.39 Å². The first-order valence-electron chi connectivity index (χ1n) is 6.69. The quantitative estimate of drug-likeness (QED) is 0.740. The van der Waals surface area contributed by atoms with Crippen molar-refractivity contribution >= 4 is 16.3 Å². The van der Waals surface area contributed by atoms with Crippen LogP contribution in [0.2, 0.25) is 0 Å². The molecule has 3 aromatic rings. The van der Waals surface area contributed by atoms with Crippen molar-refractivity contribution in [2.24, 2.45) is 0 Å². The Bertz CT molecular complexity index is 857. The van der Waals surface area contributed by atoms with E-state index >= 15 is 0 Å². The third kappa shape index (κ3) is 2.30. The molecule has 4 nitrogen and oxygen atoms in total. The summed E-state index contributed by atoms with van der Waals surface area (Å²) in [5.41, 5.74) is 2.23. The summed E-state index contributed by atoms with van der Waals surface area (Å²) >= 11 is 1.49. The monoisotopic (exact) mass is 300 g/mol. The van der Waals surface area contributed by atoms with Gasteiger partial charge in [0.05, 0.1) is 0 Å². The molecule has 1 aromatic carbocycles. The lowest BCUT2D eigenvalue weighted by Gasteiger charge is -2.01. The van der Waals surface area contributed by atoms with Gasteiger partial charge in [0.15, 0.2) is 5.69 Å². The van der Waals surface area contributed by atoms with Crippen LogP contribution in [-0.4, -0.2) is 14.6 Å². The molecule has 2 aromatic heterocycles. The van der Waals surface area contributed by atoms with Crippen molar-refractivity contribution < 1.29 is 4.39 Å². The van der Waals surface area contributed by atoms with Crippen molar-refractivity contribution in [1.29, 1.82) is 5.26 Å². The minimum Gasteiger partial charge on any atom is -0.216 e. The molecule has 0 N–H and O–H groups in total. The van der Waals surface area contributed by atoms with E-state index in [4.69, 9.17) is 0 Å². The second kappa shape index (κ2) is 5.26. The predicted octanol–water partition coefficient (Wildman–Crippen LogP) is 3.73. The molecule has 0 fully saturated rings. The molecule has 0 aliphatic rings. The number of aryl methyl sites for hydroxylation is 2. The van der Waals surface area contributed by atoms with Crippen LogP contribution in [0.15, 0.2) is 18.2 Å². The smallest absolute Gasteiger partial charge is 0.214 e. The number of nitriles is 1. The van der Waals surface area contributed by atoms with Crippen LogP contribution < -0.4 is 0 Å².